The molecule has 0 bridgehead atoms. The van der Waals surface area contributed by atoms with Crippen molar-refractivity contribution < 1.29 is 103 Å². The summed E-state index contributed by atoms with van der Waals surface area (Å²) in [4.78, 5) is 35.2. The number of rotatable bonds is 13. The molecule has 0 saturated carbocycles. The number of aromatic hydroxyl groups is 4. The van der Waals surface area contributed by atoms with Crippen molar-refractivity contribution >= 4 is 35.0 Å². The molecule has 6 rings (SSSR count). The Morgan fingerprint density at radius 3 is 1.85 bits per heavy atom. The number of ether oxygens (including phenoxy) is 6. The number of phenols is 4. The van der Waals surface area contributed by atoms with Gasteiger partial charge in [0.05, 0.1) is 11.6 Å². The van der Waals surface area contributed by atoms with Gasteiger partial charge in [-0.05, 0) is 48.0 Å². The number of fused-ring (bicyclic) bond motifs is 1. The second kappa shape index (κ2) is 18.3. The van der Waals surface area contributed by atoms with Crippen LogP contribution in [0.3, 0.4) is 0 Å². The number of carboxylic acid groups (broad SMARTS) is 1. The first-order valence-corrected chi connectivity index (χ1v) is 17.9. The summed E-state index contributed by atoms with van der Waals surface area (Å²) in [6.07, 6.45) is -16.8. The van der Waals surface area contributed by atoms with Gasteiger partial charge in [0.2, 0.25) is 18.3 Å². The van der Waals surface area contributed by atoms with Crippen LogP contribution in [0.1, 0.15) is 12.0 Å². The van der Waals surface area contributed by atoms with Crippen LogP contribution in [0.15, 0.2) is 71.2 Å². The van der Waals surface area contributed by atoms with Gasteiger partial charge in [-0.3, -0.25) is 9.59 Å². The van der Waals surface area contributed by atoms with E-state index in [4.69, 9.17) is 37.9 Å². The van der Waals surface area contributed by atoms with Crippen LogP contribution >= 0.6 is 0 Å². The number of aliphatic hydroxyl groups excluding tert-OH is 6. The van der Waals surface area contributed by atoms with Gasteiger partial charge in [0.25, 0.3) is 0 Å². The van der Waals surface area contributed by atoms with E-state index in [9.17, 15) is 65.4 Å². The molecule has 21 nitrogen and oxygen atoms in total. The van der Waals surface area contributed by atoms with E-state index in [0.29, 0.717) is 5.56 Å². The van der Waals surface area contributed by atoms with Crippen LogP contribution in [0, 0.1) is 0 Å². The number of carboxylic acids is 1. The van der Waals surface area contributed by atoms with Gasteiger partial charge < -0.3 is 84.6 Å². The van der Waals surface area contributed by atoms with E-state index < -0.39 is 110 Å². The Hall–Kier alpha value is -6.30. The lowest BCUT2D eigenvalue weighted by Gasteiger charge is -2.40. The van der Waals surface area contributed by atoms with Crippen LogP contribution in [-0.2, 0) is 33.3 Å². The molecular formula is C39H39O21+. The molecule has 2 aliphatic rings. The first-order valence-electron chi connectivity index (χ1n) is 17.9. The van der Waals surface area contributed by atoms with Crippen LogP contribution in [-0.4, -0.2) is 149 Å². The molecule has 60 heavy (non-hydrogen) atoms. The highest BCUT2D eigenvalue weighted by Gasteiger charge is 2.48. The molecule has 0 radical (unpaired) electrons. The molecular weight excluding hydrogens is 804 g/mol. The smallest absolute Gasteiger partial charge is 0.402 e. The maximum absolute atomic E-state index is 12.5. The Bertz CT molecular complexity index is 2230. The predicted molar refractivity (Wildman–Crippen MR) is 197 cm³/mol. The number of hydrogen-bond acceptors (Lipinski definition) is 19. The van der Waals surface area contributed by atoms with Crippen LogP contribution in [0.5, 0.6) is 34.5 Å². The summed E-state index contributed by atoms with van der Waals surface area (Å²) in [5, 5.41) is 113. The molecule has 0 spiro atoms. The van der Waals surface area contributed by atoms with E-state index in [1.54, 1.807) is 0 Å². The molecule has 11 N–H and O–H groups in total. The minimum Gasteiger partial charge on any atom is -0.508 e. The minimum atomic E-state index is -1.95. The number of phenolic OH excluding ortho intramolecular Hbond substituents is 4. The first-order chi connectivity index (χ1) is 28.5. The third-order valence-electron chi connectivity index (χ3n) is 9.26. The number of carbonyl (C=O) groups excluding carboxylic acids is 2. The maximum atomic E-state index is 12.5. The summed E-state index contributed by atoms with van der Waals surface area (Å²) in [5.41, 5.74) is 0.480. The van der Waals surface area contributed by atoms with Gasteiger partial charge in [0.15, 0.2) is 11.5 Å². The van der Waals surface area contributed by atoms with Gasteiger partial charge >= 0.3 is 29.3 Å². The fourth-order valence-electron chi connectivity index (χ4n) is 6.09. The van der Waals surface area contributed by atoms with Crippen molar-refractivity contribution in [2.75, 3.05) is 13.2 Å². The van der Waals surface area contributed by atoms with Gasteiger partial charge in [-0.1, -0.05) is 6.07 Å². The SMILES string of the molecule is O=C(O)CC(=O)OCC1O[C@@H](Oc2cc(O)cc3[o+]c(-c4ccc(O)cc4)c(O[C@@H]4OC(COC(=O)/C=C/c5ccc(O)c(O)c5)[C@H](O)C(O)C4O)cc23)C(O)[C@@H](O)[C@@H]1O. The van der Waals surface area contributed by atoms with Gasteiger partial charge in [-0.2, -0.15) is 0 Å². The Kier molecular flexibility index (Phi) is 13.2. The molecule has 2 fully saturated rings. The fourth-order valence-corrected chi connectivity index (χ4v) is 6.09. The Morgan fingerprint density at radius 1 is 0.650 bits per heavy atom. The lowest BCUT2D eigenvalue weighted by Crippen LogP contribution is -2.60. The molecule has 5 unspecified atom stereocenters. The van der Waals surface area contributed by atoms with Gasteiger partial charge in [-0.25, -0.2) is 9.21 Å². The molecule has 0 aliphatic carbocycles. The zero-order valence-electron chi connectivity index (χ0n) is 30.8. The van der Waals surface area contributed by atoms with E-state index in [1.165, 1.54) is 54.6 Å². The number of hydrogen-bond donors (Lipinski definition) is 11. The monoisotopic (exact) mass is 843 g/mol. The second-order valence-corrected chi connectivity index (χ2v) is 13.6. The molecule has 2 saturated heterocycles. The lowest BCUT2D eigenvalue weighted by atomic mass is 9.99. The number of esters is 2. The fraction of sp³-hybridized carbons (Fsp3) is 0.333. The molecule has 4 aromatic rings. The number of aliphatic carboxylic acids is 1. The summed E-state index contributed by atoms with van der Waals surface area (Å²) in [5.74, 6) is -5.65. The largest absolute Gasteiger partial charge is 0.508 e. The maximum Gasteiger partial charge on any atom is 0.402 e. The lowest BCUT2D eigenvalue weighted by molar-refractivity contribution is -0.278. The Labute approximate surface area is 337 Å². The highest BCUT2D eigenvalue weighted by atomic mass is 16.7. The predicted octanol–water partition coefficient (Wildman–Crippen LogP) is -0.149. The standard InChI is InChI=1S/C39H38O21/c40-18-5-3-17(4-6-18)37-25(58-39-36(53)34(51)31(48)26(60-39)14-54-29(46)8-2-16-1-7-21(42)22(43)9-16)12-20-23(56-37)10-19(41)11-24(20)57-38-35(52)33(50)32(49)27(59-38)15-55-30(47)13-28(44)45/h1-12,26-27,31-36,38-39,48-53H,13-15H2,(H4-,40,41,42,43,44,45,46)/p+1/t26?,27?,31-,32+,33-,34?,35?,36?,38+,39+/m0/s1. The van der Waals surface area contributed by atoms with E-state index in [0.717, 1.165) is 18.2 Å². The third kappa shape index (κ3) is 9.93. The topological polar surface area (TPSA) is 340 Å². The molecule has 2 aliphatic heterocycles. The zero-order valence-corrected chi connectivity index (χ0v) is 30.8. The van der Waals surface area contributed by atoms with Crippen molar-refractivity contribution in [3.63, 3.8) is 0 Å². The first kappa shape index (κ1) is 43.3. The number of carbonyl (C=O) groups is 3. The highest BCUT2D eigenvalue weighted by Crippen LogP contribution is 2.42. The quantitative estimate of drug-likeness (QED) is 0.0274. The van der Waals surface area contributed by atoms with Crippen molar-refractivity contribution in [2.24, 2.45) is 0 Å². The Morgan fingerprint density at radius 2 is 1.25 bits per heavy atom. The molecule has 0 amide bonds. The van der Waals surface area contributed by atoms with Crippen molar-refractivity contribution in [3.8, 4) is 45.8 Å². The zero-order chi connectivity index (χ0) is 43.4. The van der Waals surface area contributed by atoms with Crippen molar-refractivity contribution in [3.05, 3.63) is 72.3 Å². The van der Waals surface area contributed by atoms with Gasteiger partial charge in [0.1, 0.15) is 91.1 Å². The molecule has 10 atom stereocenters. The molecule has 1 aromatic heterocycles. The van der Waals surface area contributed by atoms with Crippen molar-refractivity contribution in [2.45, 2.75) is 67.8 Å². The van der Waals surface area contributed by atoms with Gasteiger partial charge in [-0.15, -0.1) is 0 Å². The molecule has 21 heteroatoms. The third-order valence-corrected chi connectivity index (χ3v) is 9.26. The molecule has 3 aromatic carbocycles. The average molecular weight is 844 g/mol. The van der Waals surface area contributed by atoms with Crippen LogP contribution in [0.2, 0.25) is 0 Å². The second-order valence-electron chi connectivity index (χ2n) is 13.6. The van der Waals surface area contributed by atoms with Crippen molar-refractivity contribution in [1.29, 1.82) is 0 Å². The summed E-state index contributed by atoms with van der Waals surface area (Å²) in [6.45, 7) is -1.42. The Balaban J connectivity index is 1.27. The molecule has 3 heterocycles. The van der Waals surface area contributed by atoms with E-state index in [-0.39, 0.29) is 45.3 Å². The minimum absolute atomic E-state index is 0.0312. The summed E-state index contributed by atoms with van der Waals surface area (Å²) < 4.78 is 39.4. The normalized spacial score (nSPS) is 26.7. The van der Waals surface area contributed by atoms with E-state index in [1.807, 2.05) is 0 Å². The number of aliphatic hydroxyl groups is 6. The number of benzene rings is 3. The molecule has 320 valence electrons. The van der Waals surface area contributed by atoms with Crippen molar-refractivity contribution in [1.82, 2.24) is 0 Å². The highest BCUT2D eigenvalue weighted by molar-refractivity contribution is 5.90. The summed E-state index contributed by atoms with van der Waals surface area (Å²) in [6, 6.07) is 12.7. The van der Waals surface area contributed by atoms with E-state index in [2.05, 4.69) is 0 Å². The summed E-state index contributed by atoms with van der Waals surface area (Å²) >= 11 is 0. The van der Waals surface area contributed by atoms with Crippen LogP contribution in [0.4, 0.5) is 0 Å². The average Bonchev–Trinajstić information content (AvgIpc) is 3.20. The van der Waals surface area contributed by atoms with Crippen LogP contribution in [0.25, 0.3) is 28.4 Å². The van der Waals surface area contributed by atoms with Crippen LogP contribution < -0.4 is 9.47 Å². The van der Waals surface area contributed by atoms with Gasteiger partial charge in [0, 0.05) is 18.2 Å². The summed E-state index contributed by atoms with van der Waals surface area (Å²) in [7, 11) is 0. The van der Waals surface area contributed by atoms with E-state index >= 15 is 0 Å².